The average molecular weight is 285 g/mol. The molecule has 3 nitrogen and oxygen atoms in total. The first-order valence-electron chi connectivity index (χ1n) is 6.14. The van der Waals surface area contributed by atoms with E-state index >= 15 is 0 Å². The van der Waals surface area contributed by atoms with Crippen LogP contribution in [-0.2, 0) is 0 Å². The van der Waals surface area contributed by atoms with Crippen LogP contribution in [0.5, 0.6) is 0 Å². The number of hydrogen-bond donors (Lipinski definition) is 1. The van der Waals surface area contributed by atoms with Gasteiger partial charge in [-0.05, 0) is 43.3 Å². The van der Waals surface area contributed by atoms with Crippen molar-refractivity contribution in [2.24, 2.45) is 0 Å². The number of benzene rings is 2. The van der Waals surface area contributed by atoms with E-state index in [1.165, 1.54) is 29.0 Å². The van der Waals surface area contributed by atoms with E-state index in [1.807, 2.05) is 31.2 Å². The average Bonchev–Trinajstić information content (AvgIpc) is 2.91. The zero-order chi connectivity index (χ0) is 13.9. The summed E-state index contributed by atoms with van der Waals surface area (Å²) in [5.74, 6) is -0.253. The highest BCUT2D eigenvalue weighted by atomic mass is 32.1. The third-order valence-electron chi connectivity index (χ3n) is 2.82. The molecule has 0 saturated heterocycles. The Morgan fingerprint density at radius 3 is 2.35 bits per heavy atom. The summed E-state index contributed by atoms with van der Waals surface area (Å²) >= 11 is 1.44. The van der Waals surface area contributed by atoms with E-state index < -0.39 is 0 Å². The summed E-state index contributed by atoms with van der Waals surface area (Å²) in [4.78, 5) is 0. The summed E-state index contributed by atoms with van der Waals surface area (Å²) in [7, 11) is 0. The van der Waals surface area contributed by atoms with Gasteiger partial charge in [0.15, 0.2) is 0 Å². The fourth-order valence-electron chi connectivity index (χ4n) is 1.74. The number of rotatable bonds is 3. The third kappa shape index (κ3) is 2.83. The minimum Gasteiger partial charge on any atom is -0.330 e. The quantitative estimate of drug-likeness (QED) is 0.775. The Hall–Kier alpha value is -2.27. The van der Waals surface area contributed by atoms with Crippen molar-refractivity contribution in [3.63, 3.8) is 0 Å². The molecule has 3 aromatic rings. The van der Waals surface area contributed by atoms with Crippen LogP contribution in [0, 0.1) is 12.7 Å². The molecule has 1 N–H and O–H groups in total. The lowest BCUT2D eigenvalue weighted by atomic mass is 10.2. The van der Waals surface area contributed by atoms with E-state index in [1.54, 1.807) is 12.1 Å². The lowest BCUT2D eigenvalue weighted by Gasteiger charge is -2.01. The van der Waals surface area contributed by atoms with Gasteiger partial charge >= 0.3 is 0 Å². The van der Waals surface area contributed by atoms with Gasteiger partial charge in [0.1, 0.15) is 10.8 Å². The van der Waals surface area contributed by atoms with Crippen molar-refractivity contribution in [3.05, 3.63) is 59.9 Å². The van der Waals surface area contributed by atoms with E-state index in [0.717, 1.165) is 16.3 Å². The number of anilines is 2. The predicted octanol–water partition coefficient (Wildman–Crippen LogP) is 4.40. The molecule has 3 rings (SSSR count). The van der Waals surface area contributed by atoms with Gasteiger partial charge in [0.2, 0.25) is 5.13 Å². The van der Waals surface area contributed by atoms with Crippen LogP contribution in [0.25, 0.3) is 10.6 Å². The minimum atomic E-state index is -0.253. The summed E-state index contributed by atoms with van der Waals surface area (Å²) < 4.78 is 12.9. The maximum Gasteiger partial charge on any atom is 0.210 e. The molecule has 1 aromatic heterocycles. The van der Waals surface area contributed by atoms with E-state index in [-0.39, 0.29) is 5.82 Å². The maximum absolute atomic E-state index is 12.9. The molecule has 0 aliphatic carbocycles. The van der Waals surface area contributed by atoms with Crippen LogP contribution in [0.1, 0.15) is 5.56 Å². The molecule has 0 aliphatic rings. The third-order valence-corrected chi connectivity index (χ3v) is 3.71. The predicted molar refractivity (Wildman–Crippen MR) is 79.8 cm³/mol. The van der Waals surface area contributed by atoms with Gasteiger partial charge in [-0.15, -0.1) is 10.2 Å². The minimum absolute atomic E-state index is 0.253. The fourth-order valence-corrected chi connectivity index (χ4v) is 2.51. The van der Waals surface area contributed by atoms with Crippen molar-refractivity contribution in [2.75, 3.05) is 5.32 Å². The zero-order valence-corrected chi connectivity index (χ0v) is 11.6. The number of aryl methyl sites for hydroxylation is 1. The molecule has 2 aromatic carbocycles. The van der Waals surface area contributed by atoms with E-state index in [9.17, 15) is 4.39 Å². The van der Waals surface area contributed by atoms with Crippen molar-refractivity contribution in [1.82, 2.24) is 10.2 Å². The Kier molecular flexibility index (Phi) is 3.43. The summed E-state index contributed by atoms with van der Waals surface area (Å²) in [5, 5.41) is 12.9. The summed E-state index contributed by atoms with van der Waals surface area (Å²) in [5.41, 5.74) is 3.04. The van der Waals surface area contributed by atoms with Crippen molar-refractivity contribution < 1.29 is 4.39 Å². The smallest absolute Gasteiger partial charge is 0.210 e. The van der Waals surface area contributed by atoms with Gasteiger partial charge in [0.05, 0.1) is 0 Å². The van der Waals surface area contributed by atoms with Crippen LogP contribution < -0.4 is 5.32 Å². The lowest BCUT2D eigenvalue weighted by molar-refractivity contribution is 0.628. The summed E-state index contributed by atoms with van der Waals surface area (Å²) in [6.07, 6.45) is 0. The highest BCUT2D eigenvalue weighted by molar-refractivity contribution is 7.18. The first-order chi connectivity index (χ1) is 9.70. The van der Waals surface area contributed by atoms with Crippen LogP contribution >= 0.6 is 11.3 Å². The number of nitrogens with zero attached hydrogens (tertiary/aromatic N) is 2. The molecular formula is C15H12FN3S. The van der Waals surface area contributed by atoms with Gasteiger partial charge in [-0.1, -0.05) is 29.0 Å². The largest absolute Gasteiger partial charge is 0.330 e. The Labute approximate surface area is 120 Å². The molecule has 0 fully saturated rings. The van der Waals surface area contributed by atoms with E-state index in [4.69, 9.17) is 0 Å². The van der Waals surface area contributed by atoms with Gasteiger partial charge in [-0.3, -0.25) is 0 Å². The highest BCUT2D eigenvalue weighted by Gasteiger charge is 2.06. The Bertz CT molecular complexity index is 705. The second-order valence-corrected chi connectivity index (χ2v) is 5.39. The molecule has 0 aliphatic heterocycles. The van der Waals surface area contributed by atoms with Crippen molar-refractivity contribution in [2.45, 2.75) is 6.92 Å². The van der Waals surface area contributed by atoms with Gasteiger partial charge in [-0.25, -0.2) is 4.39 Å². The Morgan fingerprint density at radius 2 is 1.65 bits per heavy atom. The molecule has 100 valence electrons. The SMILES string of the molecule is Cc1ccc(Nc2nnc(-c3ccc(F)cc3)s2)cc1. The summed E-state index contributed by atoms with van der Waals surface area (Å²) in [6, 6.07) is 14.3. The van der Waals surface area contributed by atoms with Crippen molar-refractivity contribution in [3.8, 4) is 10.6 Å². The van der Waals surface area contributed by atoms with Crippen LogP contribution in [0.3, 0.4) is 0 Å². The van der Waals surface area contributed by atoms with E-state index in [0.29, 0.717) is 5.13 Å². The normalized spacial score (nSPS) is 10.5. The van der Waals surface area contributed by atoms with Crippen LogP contribution in [0.15, 0.2) is 48.5 Å². The number of aromatic nitrogens is 2. The van der Waals surface area contributed by atoms with Gasteiger partial charge in [0, 0.05) is 11.3 Å². The standard InChI is InChI=1S/C15H12FN3S/c1-10-2-8-13(9-3-10)17-15-19-18-14(20-15)11-4-6-12(16)7-5-11/h2-9H,1H3,(H,17,19). The molecule has 0 spiro atoms. The molecule has 0 bridgehead atoms. The van der Waals surface area contributed by atoms with Gasteiger partial charge in [0.25, 0.3) is 0 Å². The molecular weight excluding hydrogens is 273 g/mol. The number of halogens is 1. The molecule has 20 heavy (non-hydrogen) atoms. The maximum atomic E-state index is 12.9. The first kappa shape index (κ1) is 12.7. The number of hydrogen-bond acceptors (Lipinski definition) is 4. The molecule has 0 saturated carbocycles. The van der Waals surface area contributed by atoms with Gasteiger partial charge in [-0.2, -0.15) is 0 Å². The fraction of sp³-hybridized carbons (Fsp3) is 0.0667. The van der Waals surface area contributed by atoms with Crippen molar-refractivity contribution >= 4 is 22.2 Å². The lowest BCUT2D eigenvalue weighted by Crippen LogP contribution is -1.88. The highest BCUT2D eigenvalue weighted by Crippen LogP contribution is 2.28. The van der Waals surface area contributed by atoms with Crippen LogP contribution in [0.2, 0.25) is 0 Å². The molecule has 1 heterocycles. The molecule has 0 radical (unpaired) electrons. The summed E-state index contributed by atoms with van der Waals surface area (Å²) in [6.45, 7) is 2.04. The second-order valence-electron chi connectivity index (χ2n) is 4.41. The molecule has 5 heteroatoms. The molecule has 0 unspecified atom stereocenters. The monoisotopic (exact) mass is 285 g/mol. The van der Waals surface area contributed by atoms with Crippen LogP contribution in [-0.4, -0.2) is 10.2 Å². The number of nitrogens with one attached hydrogen (secondary N) is 1. The molecule has 0 amide bonds. The van der Waals surface area contributed by atoms with Crippen LogP contribution in [0.4, 0.5) is 15.2 Å². The Morgan fingerprint density at radius 1 is 0.950 bits per heavy atom. The zero-order valence-electron chi connectivity index (χ0n) is 10.8. The Balaban J connectivity index is 1.80. The second kappa shape index (κ2) is 5.38. The molecule has 0 atom stereocenters. The topological polar surface area (TPSA) is 37.8 Å². The first-order valence-corrected chi connectivity index (χ1v) is 6.95. The van der Waals surface area contributed by atoms with E-state index in [2.05, 4.69) is 15.5 Å². The van der Waals surface area contributed by atoms with Gasteiger partial charge < -0.3 is 5.32 Å². The van der Waals surface area contributed by atoms with Crippen molar-refractivity contribution in [1.29, 1.82) is 0 Å².